The van der Waals surface area contributed by atoms with Crippen molar-refractivity contribution in [1.82, 2.24) is 4.98 Å². The number of phenols is 1. The number of aromatic nitrogens is 1. The van der Waals surface area contributed by atoms with Gasteiger partial charge in [0.25, 0.3) is 0 Å². The highest BCUT2D eigenvalue weighted by molar-refractivity contribution is 5.30. The summed E-state index contributed by atoms with van der Waals surface area (Å²) >= 11 is 0. The zero-order valence-electron chi connectivity index (χ0n) is 10.9. The van der Waals surface area contributed by atoms with Gasteiger partial charge in [-0.2, -0.15) is 0 Å². The summed E-state index contributed by atoms with van der Waals surface area (Å²) in [5.74, 6) is 1.12. The van der Waals surface area contributed by atoms with Gasteiger partial charge in [-0.05, 0) is 42.2 Å². The molecule has 18 heavy (non-hydrogen) atoms. The van der Waals surface area contributed by atoms with Crippen LogP contribution in [0.25, 0.3) is 0 Å². The van der Waals surface area contributed by atoms with E-state index in [0.717, 1.165) is 12.1 Å². The molecule has 1 N–H and O–H groups in total. The van der Waals surface area contributed by atoms with Crippen LogP contribution in [0.3, 0.4) is 0 Å². The number of pyridine rings is 1. The zero-order chi connectivity index (χ0) is 13.0. The summed E-state index contributed by atoms with van der Waals surface area (Å²) in [5.41, 5.74) is 2.38. The lowest BCUT2D eigenvalue weighted by atomic mass is 9.83. The topological polar surface area (TPSA) is 33.1 Å². The van der Waals surface area contributed by atoms with Gasteiger partial charge >= 0.3 is 0 Å². The Balaban J connectivity index is 2.25. The third kappa shape index (κ3) is 2.70. The maximum atomic E-state index is 9.34. The summed E-state index contributed by atoms with van der Waals surface area (Å²) in [6.45, 7) is 4.41. The first-order valence-corrected chi connectivity index (χ1v) is 6.42. The SMILES string of the molecule is CC[C@H](c1ccccn1)[C@@H](C)c1ccc(O)cc1. The van der Waals surface area contributed by atoms with Crippen LogP contribution in [0.2, 0.25) is 0 Å². The highest BCUT2D eigenvalue weighted by Gasteiger charge is 2.20. The fourth-order valence-corrected chi connectivity index (χ4v) is 2.42. The van der Waals surface area contributed by atoms with E-state index in [2.05, 4.69) is 24.9 Å². The Morgan fingerprint density at radius 2 is 1.83 bits per heavy atom. The van der Waals surface area contributed by atoms with E-state index in [4.69, 9.17) is 0 Å². The Bertz CT molecular complexity index is 478. The van der Waals surface area contributed by atoms with Gasteiger partial charge in [-0.15, -0.1) is 0 Å². The Morgan fingerprint density at radius 1 is 1.11 bits per heavy atom. The largest absolute Gasteiger partial charge is 0.508 e. The number of hydrogen-bond donors (Lipinski definition) is 1. The zero-order valence-corrected chi connectivity index (χ0v) is 10.9. The van der Waals surface area contributed by atoms with Crippen LogP contribution in [0.15, 0.2) is 48.7 Å². The van der Waals surface area contributed by atoms with Crippen molar-refractivity contribution in [2.24, 2.45) is 0 Å². The minimum Gasteiger partial charge on any atom is -0.508 e. The van der Waals surface area contributed by atoms with Gasteiger partial charge in [-0.1, -0.05) is 32.0 Å². The van der Waals surface area contributed by atoms with Crippen LogP contribution in [0.5, 0.6) is 5.75 Å². The van der Waals surface area contributed by atoms with Crippen LogP contribution in [-0.4, -0.2) is 10.1 Å². The van der Waals surface area contributed by atoms with Crippen molar-refractivity contribution in [2.45, 2.75) is 32.1 Å². The fraction of sp³-hybridized carbons (Fsp3) is 0.312. The molecule has 0 aliphatic heterocycles. The molecule has 0 saturated heterocycles. The van der Waals surface area contributed by atoms with Gasteiger partial charge in [0, 0.05) is 17.8 Å². The first-order chi connectivity index (χ1) is 8.72. The van der Waals surface area contributed by atoms with Crippen molar-refractivity contribution >= 4 is 0 Å². The van der Waals surface area contributed by atoms with E-state index in [1.54, 1.807) is 12.1 Å². The van der Waals surface area contributed by atoms with E-state index in [-0.39, 0.29) is 0 Å². The molecule has 0 fully saturated rings. The average molecular weight is 241 g/mol. The van der Waals surface area contributed by atoms with Crippen LogP contribution < -0.4 is 0 Å². The maximum Gasteiger partial charge on any atom is 0.115 e. The second kappa shape index (κ2) is 5.67. The van der Waals surface area contributed by atoms with E-state index in [1.807, 2.05) is 30.5 Å². The molecule has 94 valence electrons. The Hall–Kier alpha value is -1.83. The van der Waals surface area contributed by atoms with Gasteiger partial charge in [0.15, 0.2) is 0 Å². The predicted octanol–water partition coefficient (Wildman–Crippen LogP) is 4.08. The van der Waals surface area contributed by atoms with Crippen molar-refractivity contribution in [1.29, 1.82) is 0 Å². The van der Waals surface area contributed by atoms with E-state index < -0.39 is 0 Å². The first kappa shape index (κ1) is 12.6. The smallest absolute Gasteiger partial charge is 0.115 e. The van der Waals surface area contributed by atoms with Crippen molar-refractivity contribution in [2.75, 3.05) is 0 Å². The van der Waals surface area contributed by atoms with Crippen LogP contribution in [0.1, 0.15) is 43.4 Å². The standard InChI is InChI=1S/C16H19NO/c1-3-15(16-6-4-5-11-17-16)12(2)13-7-9-14(18)10-8-13/h4-12,15,18H,3H2,1-2H3/t12-,15-/m0/s1. The van der Waals surface area contributed by atoms with Gasteiger partial charge in [-0.3, -0.25) is 4.98 Å². The number of phenolic OH excluding ortho intramolecular Hbond substituents is 1. The molecule has 1 aromatic heterocycles. The molecule has 2 heteroatoms. The maximum absolute atomic E-state index is 9.34. The molecule has 2 nitrogen and oxygen atoms in total. The number of hydrogen-bond acceptors (Lipinski definition) is 2. The van der Waals surface area contributed by atoms with Gasteiger partial charge in [0.05, 0.1) is 0 Å². The lowest BCUT2D eigenvalue weighted by Crippen LogP contribution is -2.09. The molecule has 2 aromatic rings. The minimum atomic E-state index is 0.317. The van der Waals surface area contributed by atoms with Crippen LogP contribution in [0.4, 0.5) is 0 Å². The van der Waals surface area contributed by atoms with Gasteiger partial charge in [-0.25, -0.2) is 0 Å². The Kier molecular flexibility index (Phi) is 3.98. The molecule has 0 aliphatic carbocycles. The van der Waals surface area contributed by atoms with Crippen LogP contribution in [-0.2, 0) is 0 Å². The number of benzene rings is 1. The lowest BCUT2D eigenvalue weighted by molar-refractivity contribution is 0.474. The molecule has 0 aliphatic rings. The average Bonchev–Trinajstić information content (AvgIpc) is 2.41. The third-order valence-electron chi connectivity index (χ3n) is 3.53. The van der Waals surface area contributed by atoms with Crippen LogP contribution >= 0.6 is 0 Å². The second-order valence-electron chi connectivity index (χ2n) is 4.65. The first-order valence-electron chi connectivity index (χ1n) is 6.42. The molecule has 2 atom stereocenters. The quantitative estimate of drug-likeness (QED) is 0.874. The summed E-state index contributed by atoms with van der Waals surface area (Å²) in [5, 5.41) is 9.34. The van der Waals surface area contributed by atoms with Gasteiger partial charge in [0.2, 0.25) is 0 Å². The predicted molar refractivity (Wildman–Crippen MR) is 73.8 cm³/mol. The third-order valence-corrected chi connectivity index (χ3v) is 3.53. The summed E-state index contributed by atoms with van der Waals surface area (Å²) in [7, 11) is 0. The van der Waals surface area contributed by atoms with Gasteiger partial charge < -0.3 is 5.11 Å². The lowest BCUT2D eigenvalue weighted by Gasteiger charge is -2.22. The number of aromatic hydroxyl groups is 1. The molecule has 0 radical (unpaired) electrons. The van der Waals surface area contributed by atoms with Crippen molar-refractivity contribution in [3.63, 3.8) is 0 Å². The Morgan fingerprint density at radius 3 is 2.39 bits per heavy atom. The molecule has 0 saturated carbocycles. The summed E-state index contributed by atoms with van der Waals surface area (Å²) in [6.07, 6.45) is 2.90. The Labute approximate surface area is 108 Å². The fourth-order valence-electron chi connectivity index (χ4n) is 2.42. The molecule has 0 unspecified atom stereocenters. The molecular formula is C16H19NO. The van der Waals surface area contributed by atoms with Crippen molar-refractivity contribution in [3.8, 4) is 5.75 Å². The van der Waals surface area contributed by atoms with E-state index in [0.29, 0.717) is 17.6 Å². The van der Waals surface area contributed by atoms with Crippen molar-refractivity contribution in [3.05, 3.63) is 59.9 Å². The van der Waals surface area contributed by atoms with Crippen LogP contribution in [0, 0.1) is 0 Å². The monoisotopic (exact) mass is 241 g/mol. The highest BCUT2D eigenvalue weighted by atomic mass is 16.3. The molecule has 0 bridgehead atoms. The summed E-state index contributed by atoms with van der Waals surface area (Å²) < 4.78 is 0. The van der Waals surface area contributed by atoms with E-state index in [1.165, 1.54) is 5.56 Å². The summed E-state index contributed by atoms with van der Waals surface area (Å²) in [4.78, 5) is 4.46. The highest BCUT2D eigenvalue weighted by Crippen LogP contribution is 2.34. The minimum absolute atomic E-state index is 0.317. The molecule has 1 aromatic carbocycles. The summed E-state index contributed by atoms with van der Waals surface area (Å²) in [6, 6.07) is 13.5. The molecule has 0 amide bonds. The number of nitrogens with zero attached hydrogens (tertiary/aromatic N) is 1. The molecule has 1 heterocycles. The van der Waals surface area contributed by atoms with Gasteiger partial charge in [0.1, 0.15) is 5.75 Å². The number of rotatable bonds is 4. The second-order valence-corrected chi connectivity index (χ2v) is 4.65. The molecule has 0 spiro atoms. The van der Waals surface area contributed by atoms with Crippen molar-refractivity contribution < 1.29 is 5.11 Å². The van der Waals surface area contributed by atoms with E-state index in [9.17, 15) is 5.11 Å². The van der Waals surface area contributed by atoms with E-state index >= 15 is 0 Å². The molecule has 2 rings (SSSR count). The normalized spacial score (nSPS) is 14.1. The molecular weight excluding hydrogens is 222 g/mol.